The van der Waals surface area contributed by atoms with E-state index in [0.29, 0.717) is 19.6 Å². The SMILES string of the molecule is NCCCC(N)C(=O)OCC1c2ccccc2-c2ccccc21. The van der Waals surface area contributed by atoms with Crippen molar-refractivity contribution >= 4 is 5.97 Å². The first kappa shape index (κ1) is 15.7. The third-order valence-electron chi connectivity index (χ3n) is 4.38. The molecule has 1 atom stereocenters. The average molecular weight is 310 g/mol. The fraction of sp³-hybridized carbons (Fsp3) is 0.316. The van der Waals surface area contributed by atoms with E-state index in [1.807, 2.05) is 24.3 Å². The van der Waals surface area contributed by atoms with Gasteiger partial charge in [-0.25, -0.2) is 0 Å². The number of hydrogen-bond donors (Lipinski definition) is 2. The van der Waals surface area contributed by atoms with Crippen LogP contribution < -0.4 is 11.5 Å². The molecule has 2 aromatic carbocycles. The zero-order valence-electron chi connectivity index (χ0n) is 13.1. The zero-order chi connectivity index (χ0) is 16.2. The summed E-state index contributed by atoms with van der Waals surface area (Å²) in [6.45, 7) is 0.855. The van der Waals surface area contributed by atoms with Crippen LogP contribution >= 0.6 is 0 Å². The minimum Gasteiger partial charge on any atom is -0.464 e. The van der Waals surface area contributed by atoms with Gasteiger partial charge < -0.3 is 16.2 Å². The highest BCUT2D eigenvalue weighted by atomic mass is 16.5. The Morgan fingerprint density at radius 2 is 1.61 bits per heavy atom. The van der Waals surface area contributed by atoms with Gasteiger partial charge in [-0.15, -0.1) is 0 Å². The van der Waals surface area contributed by atoms with E-state index in [4.69, 9.17) is 16.2 Å². The standard InChI is InChI=1S/C19H22N2O2/c20-11-5-10-18(21)19(22)23-12-17-15-8-3-1-6-13(15)14-7-2-4-9-16(14)17/h1-4,6-9,17-18H,5,10-12,20-21H2. The maximum Gasteiger partial charge on any atom is 0.322 e. The summed E-state index contributed by atoms with van der Waals surface area (Å²) in [5.41, 5.74) is 16.1. The Morgan fingerprint density at radius 3 is 2.17 bits per heavy atom. The van der Waals surface area contributed by atoms with Crippen molar-refractivity contribution in [2.45, 2.75) is 24.8 Å². The summed E-state index contributed by atoms with van der Waals surface area (Å²) in [5.74, 6) is -0.270. The van der Waals surface area contributed by atoms with Gasteiger partial charge in [0.25, 0.3) is 0 Å². The quantitative estimate of drug-likeness (QED) is 0.803. The van der Waals surface area contributed by atoms with Crippen LogP contribution in [-0.2, 0) is 9.53 Å². The monoisotopic (exact) mass is 310 g/mol. The van der Waals surface area contributed by atoms with Gasteiger partial charge in [-0.05, 0) is 41.6 Å². The van der Waals surface area contributed by atoms with E-state index in [1.165, 1.54) is 22.3 Å². The molecule has 1 unspecified atom stereocenters. The van der Waals surface area contributed by atoms with Gasteiger partial charge in [0.05, 0.1) is 0 Å². The van der Waals surface area contributed by atoms with Gasteiger partial charge in [-0.2, -0.15) is 0 Å². The number of carbonyl (C=O) groups is 1. The van der Waals surface area contributed by atoms with Crippen LogP contribution in [0.25, 0.3) is 11.1 Å². The summed E-state index contributed by atoms with van der Waals surface area (Å²) in [6.07, 6.45) is 1.29. The Bertz CT molecular complexity index is 654. The molecule has 0 saturated heterocycles. The van der Waals surface area contributed by atoms with Crippen LogP contribution in [0, 0.1) is 0 Å². The molecule has 0 radical (unpaired) electrons. The minimum atomic E-state index is -0.592. The Labute approximate surface area is 136 Å². The molecule has 3 rings (SSSR count). The van der Waals surface area contributed by atoms with Gasteiger partial charge >= 0.3 is 5.97 Å². The first-order chi connectivity index (χ1) is 11.2. The molecule has 4 nitrogen and oxygen atoms in total. The van der Waals surface area contributed by atoms with E-state index >= 15 is 0 Å². The molecule has 0 fully saturated rings. The molecule has 4 heteroatoms. The molecule has 23 heavy (non-hydrogen) atoms. The number of hydrogen-bond acceptors (Lipinski definition) is 4. The van der Waals surface area contributed by atoms with E-state index in [9.17, 15) is 4.79 Å². The second kappa shape index (κ2) is 6.94. The molecular weight excluding hydrogens is 288 g/mol. The molecule has 2 aromatic rings. The van der Waals surface area contributed by atoms with Crippen LogP contribution in [0.4, 0.5) is 0 Å². The van der Waals surface area contributed by atoms with E-state index in [-0.39, 0.29) is 11.9 Å². The molecule has 120 valence electrons. The lowest BCUT2D eigenvalue weighted by molar-refractivity contribution is -0.145. The second-order valence-electron chi connectivity index (χ2n) is 5.89. The fourth-order valence-corrected chi connectivity index (χ4v) is 3.17. The second-order valence-corrected chi connectivity index (χ2v) is 5.89. The largest absolute Gasteiger partial charge is 0.464 e. The molecule has 0 bridgehead atoms. The van der Waals surface area contributed by atoms with E-state index in [1.54, 1.807) is 0 Å². The van der Waals surface area contributed by atoms with Gasteiger partial charge in [0.15, 0.2) is 0 Å². The van der Waals surface area contributed by atoms with Gasteiger partial charge in [-0.3, -0.25) is 4.79 Å². The van der Waals surface area contributed by atoms with Gasteiger partial charge in [-0.1, -0.05) is 48.5 Å². The minimum absolute atomic E-state index is 0.0769. The number of carbonyl (C=O) groups excluding carboxylic acids is 1. The Kier molecular flexibility index (Phi) is 4.74. The average Bonchev–Trinajstić information content (AvgIpc) is 2.91. The molecule has 1 aliphatic carbocycles. The smallest absolute Gasteiger partial charge is 0.322 e. The highest BCUT2D eigenvalue weighted by molar-refractivity contribution is 5.79. The van der Waals surface area contributed by atoms with E-state index < -0.39 is 6.04 Å². The predicted molar refractivity (Wildman–Crippen MR) is 90.9 cm³/mol. The Balaban J connectivity index is 1.75. The molecule has 4 N–H and O–H groups in total. The maximum atomic E-state index is 12.0. The van der Waals surface area contributed by atoms with Crippen molar-refractivity contribution in [2.75, 3.05) is 13.2 Å². The van der Waals surface area contributed by atoms with Gasteiger partial charge in [0.1, 0.15) is 12.6 Å². The van der Waals surface area contributed by atoms with Crippen molar-refractivity contribution in [1.29, 1.82) is 0 Å². The lowest BCUT2D eigenvalue weighted by Crippen LogP contribution is -2.33. The third-order valence-corrected chi connectivity index (χ3v) is 4.38. The summed E-state index contributed by atoms with van der Waals surface area (Å²) in [4.78, 5) is 12.0. The van der Waals surface area contributed by atoms with Gasteiger partial charge in [0.2, 0.25) is 0 Å². The lowest BCUT2D eigenvalue weighted by atomic mass is 9.98. The van der Waals surface area contributed by atoms with E-state index in [0.717, 1.165) is 6.42 Å². The lowest BCUT2D eigenvalue weighted by Gasteiger charge is -2.16. The number of fused-ring (bicyclic) bond motifs is 3. The first-order valence-corrected chi connectivity index (χ1v) is 8.03. The van der Waals surface area contributed by atoms with Crippen molar-refractivity contribution in [3.8, 4) is 11.1 Å². The summed E-state index contributed by atoms with van der Waals surface area (Å²) >= 11 is 0. The van der Waals surface area contributed by atoms with Gasteiger partial charge in [0, 0.05) is 5.92 Å². The molecule has 0 amide bonds. The molecular formula is C19H22N2O2. The number of ether oxygens (including phenoxy) is 1. The van der Waals surface area contributed by atoms with Crippen molar-refractivity contribution in [1.82, 2.24) is 0 Å². The normalized spacial score (nSPS) is 14.2. The zero-order valence-corrected chi connectivity index (χ0v) is 13.1. The number of nitrogens with two attached hydrogens (primary N) is 2. The molecule has 0 heterocycles. The van der Waals surface area contributed by atoms with Crippen molar-refractivity contribution in [2.24, 2.45) is 11.5 Å². The fourth-order valence-electron chi connectivity index (χ4n) is 3.17. The summed E-state index contributed by atoms with van der Waals surface area (Å²) in [6, 6.07) is 15.9. The van der Waals surface area contributed by atoms with Crippen LogP contribution in [0.1, 0.15) is 29.9 Å². The van der Waals surface area contributed by atoms with Crippen LogP contribution in [-0.4, -0.2) is 25.2 Å². The van der Waals surface area contributed by atoms with Crippen LogP contribution in [0.15, 0.2) is 48.5 Å². The highest BCUT2D eigenvalue weighted by Gasteiger charge is 2.29. The van der Waals surface area contributed by atoms with Crippen molar-refractivity contribution in [3.05, 3.63) is 59.7 Å². The Morgan fingerprint density at radius 1 is 1.04 bits per heavy atom. The number of benzene rings is 2. The van der Waals surface area contributed by atoms with Crippen LogP contribution in [0.3, 0.4) is 0 Å². The highest BCUT2D eigenvalue weighted by Crippen LogP contribution is 2.44. The third kappa shape index (κ3) is 3.14. The first-order valence-electron chi connectivity index (χ1n) is 8.03. The molecule has 0 aromatic heterocycles. The van der Waals surface area contributed by atoms with Crippen LogP contribution in [0.2, 0.25) is 0 Å². The number of rotatable bonds is 6. The number of esters is 1. The van der Waals surface area contributed by atoms with Crippen molar-refractivity contribution < 1.29 is 9.53 Å². The molecule has 0 spiro atoms. The molecule has 0 aliphatic heterocycles. The summed E-state index contributed by atoms with van der Waals surface area (Å²) in [7, 11) is 0. The van der Waals surface area contributed by atoms with Crippen LogP contribution in [0.5, 0.6) is 0 Å². The molecule has 1 aliphatic rings. The maximum absolute atomic E-state index is 12.0. The van der Waals surface area contributed by atoms with E-state index in [2.05, 4.69) is 24.3 Å². The van der Waals surface area contributed by atoms with Crippen molar-refractivity contribution in [3.63, 3.8) is 0 Å². The Hall–Kier alpha value is -2.17. The summed E-state index contributed by atoms with van der Waals surface area (Å²) in [5, 5.41) is 0. The molecule has 0 saturated carbocycles. The topological polar surface area (TPSA) is 78.3 Å². The summed E-state index contributed by atoms with van der Waals surface area (Å²) < 4.78 is 5.49. The predicted octanol–water partition coefficient (Wildman–Crippen LogP) is 2.41.